The summed E-state index contributed by atoms with van der Waals surface area (Å²) in [6.45, 7) is 8.69. The fraction of sp³-hybridized carbons (Fsp3) is 0.0741. The van der Waals surface area contributed by atoms with E-state index >= 15 is 0 Å². The summed E-state index contributed by atoms with van der Waals surface area (Å²) in [7, 11) is 0. The summed E-state index contributed by atoms with van der Waals surface area (Å²) in [6, 6.07) is 64.2. The minimum absolute atomic E-state index is 1.09. The lowest BCUT2D eigenvalue weighted by Crippen LogP contribution is -2.12. The first-order valence-electron chi connectivity index (χ1n) is 19.5. The van der Waals surface area contributed by atoms with Crippen LogP contribution in [-0.4, -0.2) is 4.57 Å². The van der Waals surface area contributed by atoms with Crippen LogP contribution < -0.4 is 4.90 Å². The second-order valence-corrected chi connectivity index (χ2v) is 14.5. The minimum Gasteiger partial charge on any atom is -0.310 e. The van der Waals surface area contributed by atoms with Crippen LogP contribution in [0, 0.1) is 13.8 Å². The Morgan fingerprint density at radius 1 is 0.500 bits per heavy atom. The number of aryl methyl sites for hydroxylation is 1. The van der Waals surface area contributed by atoms with Gasteiger partial charge in [0.15, 0.2) is 0 Å². The van der Waals surface area contributed by atoms with Crippen LogP contribution in [0.4, 0.5) is 17.1 Å². The first-order chi connectivity index (χ1) is 27.6. The molecular formula is C54H44N2. The van der Waals surface area contributed by atoms with Crippen molar-refractivity contribution in [1.82, 2.24) is 4.57 Å². The van der Waals surface area contributed by atoms with E-state index in [1.54, 1.807) is 0 Å². The number of rotatable bonds is 8. The van der Waals surface area contributed by atoms with Crippen LogP contribution in [0.5, 0.6) is 0 Å². The molecule has 9 aromatic rings. The van der Waals surface area contributed by atoms with Gasteiger partial charge in [-0.15, -0.1) is 0 Å². The third-order valence-electron chi connectivity index (χ3n) is 11.3. The SMILES string of the molecule is C/C=C\C(=C/C)c1ccccc1N(c1ccc(-c2ccccc2-n2c3ccccc3c3ccccc32)cc1)c1cccc(-c2cc3ccccc3c(C)c2C)c1. The van der Waals surface area contributed by atoms with E-state index in [0.717, 1.165) is 22.7 Å². The number of fused-ring (bicyclic) bond motifs is 4. The fourth-order valence-electron chi connectivity index (χ4n) is 8.49. The number of hydrogen-bond acceptors (Lipinski definition) is 1. The van der Waals surface area contributed by atoms with Gasteiger partial charge in [-0.3, -0.25) is 0 Å². The molecule has 56 heavy (non-hydrogen) atoms. The van der Waals surface area contributed by atoms with Gasteiger partial charge in [0.2, 0.25) is 0 Å². The molecule has 0 spiro atoms. The van der Waals surface area contributed by atoms with Crippen LogP contribution in [0.2, 0.25) is 0 Å². The maximum Gasteiger partial charge on any atom is 0.0541 e. The van der Waals surface area contributed by atoms with Crippen LogP contribution in [0.3, 0.4) is 0 Å². The minimum atomic E-state index is 1.09. The third-order valence-corrected chi connectivity index (χ3v) is 11.3. The van der Waals surface area contributed by atoms with Crippen molar-refractivity contribution in [2.75, 3.05) is 4.90 Å². The van der Waals surface area contributed by atoms with E-state index in [1.807, 2.05) is 0 Å². The average molecular weight is 721 g/mol. The molecule has 0 aliphatic heterocycles. The molecule has 0 saturated heterocycles. The molecule has 0 amide bonds. The predicted molar refractivity (Wildman–Crippen MR) is 242 cm³/mol. The monoisotopic (exact) mass is 720 g/mol. The van der Waals surface area contributed by atoms with Crippen molar-refractivity contribution in [2.24, 2.45) is 0 Å². The van der Waals surface area contributed by atoms with E-state index in [4.69, 9.17) is 0 Å². The number of anilines is 3. The number of allylic oxidation sites excluding steroid dienone is 4. The standard InChI is InChI=1S/C54H44N2/c1-5-18-39(6-2)46-23-9-13-27-51(46)55(44-21-17-20-41(35-44)50-36-42-19-7-8-22-45(42)37(3)38(50)4)43-33-31-40(32-34-43)47-24-10-14-28-52(47)56-53-29-15-11-25-48(53)49-26-12-16-30-54(49)56/h5-36H,1-4H3/b18-5-,39-6+. The highest BCUT2D eigenvalue weighted by molar-refractivity contribution is 6.09. The van der Waals surface area contributed by atoms with Gasteiger partial charge in [-0.1, -0.05) is 140 Å². The van der Waals surface area contributed by atoms with E-state index < -0.39 is 0 Å². The smallest absolute Gasteiger partial charge is 0.0541 e. The van der Waals surface area contributed by atoms with E-state index in [9.17, 15) is 0 Å². The summed E-state index contributed by atoms with van der Waals surface area (Å²) in [4.78, 5) is 2.41. The Balaban J connectivity index is 1.20. The van der Waals surface area contributed by atoms with Crippen molar-refractivity contribution in [3.63, 3.8) is 0 Å². The van der Waals surface area contributed by atoms with E-state index in [-0.39, 0.29) is 0 Å². The molecule has 8 aromatic carbocycles. The highest BCUT2D eigenvalue weighted by Crippen LogP contribution is 2.43. The van der Waals surface area contributed by atoms with Crippen LogP contribution in [0.25, 0.3) is 66.1 Å². The molecule has 0 bridgehead atoms. The van der Waals surface area contributed by atoms with E-state index in [0.29, 0.717) is 0 Å². The summed E-state index contributed by atoms with van der Waals surface area (Å²) < 4.78 is 2.41. The van der Waals surface area contributed by atoms with Crippen molar-refractivity contribution in [2.45, 2.75) is 27.7 Å². The Bertz CT molecular complexity index is 2900. The van der Waals surface area contributed by atoms with Crippen molar-refractivity contribution in [1.29, 1.82) is 0 Å². The summed E-state index contributed by atoms with van der Waals surface area (Å²) in [5, 5.41) is 5.09. The van der Waals surface area contributed by atoms with E-state index in [2.05, 4.69) is 231 Å². The Kier molecular flexibility index (Phi) is 9.17. The molecule has 0 saturated carbocycles. The van der Waals surface area contributed by atoms with Crippen molar-refractivity contribution < 1.29 is 0 Å². The molecule has 0 radical (unpaired) electrons. The number of para-hydroxylation sites is 4. The van der Waals surface area contributed by atoms with Gasteiger partial charge in [0.25, 0.3) is 0 Å². The molecule has 270 valence electrons. The number of nitrogens with zero attached hydrogens (tertiary/aromatic N) is 2. The largest absolute Gasteiger partial charge is 0.310 e. The molecule has 0 atom stereocenters. The lowest BCUT2D eigenvalue weighted by atomic mass is 9.91. The van der Waals surface area contributed by atoms with Gasteiger partial charge in [-0.25, -0.2) is 0 Å². The van der Waals surface area contributed by atoms with Crippen molar-refractivity contribution in [3.8, 4) is 27.9 Å². The van der Waals surface area contributed by atoms with Gasteiger partial charge >= 0.3 is 0 Å². The Hall–Kier alpha value is -6.90. The van der Waals surface area contributed by atoms with Gasteiger partial charge in [-0.05, 0) is 126 Å². The molecule has 0 unspecified atom stereocenters. The first kappa shape index (κ1) is 34.8. The van der Waals surface area contributed by atoms with Gasteiger partial charge in [0.05, 0.1) is 22.4 Å². The molecule has 9 rings (SSSR count). The molecule has 0 aliphatic carbocycles. The molecule has 2 heteroatoms. The van der Waals surface area contributed by atoms with Gasteiger partial charge < -0.3 is 9.47 Å². The quantitative estimate of drug-likeness (QED) is 0.142. The zero-order valence-electron chi connectivity index (χ0n) is 32.4. The molecular weight excluding hydrogens is 677 g/mol. The second-order valence-electron chi connectivity index (χ2n) is 14.5. The first-order valence-corrected chi connectivity index (χ1v) is 19.5. The van der Waals surface area contributed by atoms with Crippen LogP contribution in [-0.2, 0) is 0 Å². The topological polar surface area (TPSA) is 8.17 Å². The molecule has 0 aliphatic rings. The average Bonchev–Trinajstić information content (AvgIpc) is 3.59. The zero-order chi connectivity index (χ0) is 38.2. The number of benzene rings is 8. The summed E-state index contributed by atoms with van der Waals surface area (Å²) in [5.74, 6) is 0. The van der Waals surface area contributed by atoms with Gasteiger partial charge in [-0.2, -0.15) is 0 Å². The van der Waals surface area contributed by atoms with Gasteiger partial charge in [0.1, 0.15) is 0 Å². The fourth-order valence-corrected chi connectivity index (χ4v) is 8.49. The number of aromatic nitrogens is 1. The maximum absolute atomic E-state index is 2.41. The van der Waals surface area contributed by atoms with Crippen LogP contribution in [0.15, 0.2) is 194 Å². The molecule has 1 heterocycles. The van der Waals surface area contributed by atoms with Crippen LogP contribution >= 0.6 is 0 Å². The second kappa shape index (κ2) is 14.7. The molecule has 2 nitrogen and oxygen atoms in total. The van der Waals surface area contributed by atoms with Crippen molar-refractivity contribution in [3.05, 3.63) is 211 Å². The Labute approximate surface area is 329 Å². The predicted octanol–water partition coefficient (Wildman–Crippen LogP) is 15.3. The maximum atomic E-state index is 2.41. The molecule has 0 N–H and O–H groups in total. The van der Waals surface area contributed by atoms with Gasteiger partial charge in [0, 0.05) is 33.3 Å². The highest BCUT2D eigenvalue weighted by atomic mass is 15.1. The summed E-state index contributed by atoms with van der Waals surface area (Å²) in [6.07, 6.45) is 6.51. The Morgan fingerprint density at radius 3 is 1.88 bits per heavy atom. The van der Waals surface area contributed by atoms with Crippen LogP contribution in [0.1, 0.15) is 30.5 Å². The summed E-state index contributed by atoms with van der Waals surface area (Å²) in [5.41, 5.74) is 16.7. The number of hydrogen-bond donors (Lipinski definition) is 0. The third kappa shape index (κ3) is 6.01. The Morgan fingerprint density at radius 2 is 1.14 bits per heavy atom. The lowest BCUT2D eigenvalue weighted by molar-refractivity contribution is 1.18. The lowest BCUT2D eigenvalue weighted by Gasteiger charge is -2.29. The molecule has 1 aromatic heterocycles. The highest BCUT2D eigenvalue weighted by Gasteiger charge is 2.20. The van der Waals surface area contributed by atoms with E-state index in [1.165, 1.54) is 77.1 Å². The normalized spacial score (nSPS) is 12.0. The van der Waals surface area contributed by atoms with Crippen molar-refractivity contribution >= 4 is 55.2 Å². The summed E-state index contributed by atoms with van der Waals surface area (Å²) >= 11 is 0. The zero-order valence-corrected chi connectivity index (χ0v) is 32.4. The molecule has 0 fully saturated rings.